The molecule has 0 atom stereocenters. The molecule has 1 saturated heterocycles. The lowest BCUT2D eigenvalue weighted by Crippen LogP contribution is -2.50. The molecule has 4 aromatic rings. The summed E-state index contributed by atoms with van der Waals surface area (Å²) in [5.41, 5.74) is 4.26. The van der Waals surface area contributed by atoms with E-state index < -0.39 is 11.8 Å². The predicted octanol–water partition coefficient (Wildman–Crippen LogP) is 4.05. The molecule has 2 aromatic heterocycles. The minimum absolute atomic E-state index is 0.0675. The second-order valence-electron chi connectivity index (χ2n) is 10.1. The second kappa shape index (κ2) is 10.4. The van der Waals surface area contributed by atoms with E-state index in [0.29, 0.717) is 36.0 Å². The molecular weight excluding hydrogens is 535 g/mol. The number of nitrogens with zero attached hydrogens (tertiary/aromatic N) is 5. The van der Waals surface area contributed by atoms with Crippen LogP contribution in [0.1, 0.15) is 28.7 Å². The summed E-state index contributed by atoms with van der Waals surface area (Å²) in [6, 6.07) is 13.7. The first kappa shape index (κ1) is 26.0. The maximum absolute atomic E-state index is 14.2. The topological polar surface area (TPSA) is 92.5 Å². The van der Waals surface area contributed by atoms with Gasteiger partial charge in [-0.15, -0.1) is 0 Å². The average molecular weight is 561 g/mol. The van der Waals surface area contributed by atoms with Crippen molar-refractivity contribution >= 4 is 29.4 Å². The zero-order chi connectivity index (χ0) is 28.0. The van der Waals surface area contributed by atoms with Crippen LogP contribution < -0.4 is 15.8 Å². The minimum Gasteiger partial charge on any atom is -0.314 e. The largest absolute Gasteiger partial charge is 0.329 e. The molecule has 204 valence electrons. The van der Waals surface area contributed by atoms with E-state index in [1.54, 1.807) is 24.5 Å². The van der Waals surface area contributed by atoms with E-state index in [4.69, 9.17) is 11.6 Å². The Morgan fingerprint density at radius 1 is 1.02 bits per heavy atom. The minimum atomic E-state index is -0.445. The number of hydrogen-bond acceptors (Lipinski definition) is 5. The molecule has 1 fully saturated rings. The van der Waals surface area contributed by atoms with Crippen molar-refractivity contribution in [2.75, 3.05) is 11.4 Å². The lowest BCUT2D eigenvalue weighted by Gasteiger charge is -2.26. The lowest BCUT2D eigenvalue weighted by atomic mass is 10.1. The van der Waals surface area contributed by atoms with Crippen LogP contribution in [0.15, 0.2) is 65.7 Å². The highest BCUT2D eigenvalue weighted by atomic mass is 35.5. The molecular formula is C29H26ClFN6O3. The summed E-state index contributed by atoms with van der Waals surface area (Å²) in [5.74, 6) is 0.627. The summed E-state index contributed by atoms with van der Waals surface area (Å²) in [7, 11) is 1.85. The maximum atomic E-state index is 14.2. The highest BCUT2D eigenvalue weighted by molar-refractivity contribution is 6.31. The molecule has 0 radical (unpaired) electrons. The Bertz CT molecular complexity index is 1690. The Morgan fingerprint density at radius 3 is 2.62 bits per heavy atom. The van der Waals surface area contributed by atoms with Gasteiger partial charge in [-0.3, -0.25) is 24.7 Å². The van der Waals surface area contributed by atoms with Gasteiger partial charge in [0.2, 0.25) is 5.91 Å². The summed E-state index contributed by atoms with van der Waals surface area (Å²) in [6.45, 7) is 2.43. The van der Waals surface area contributed by atoms with Gasteiger partial charge in [0.15, 0.2) is 0 Å². The van der Waals surface area contributed by atoms with Gasteiger partial charge in [-0.1, -0.05) is 29.8 Å². The van der Waals surface area contributed by atoms with Crippen molar-refractivity contribution in [3.8, 4) is 11.4 Å². The molecule has 4 heterocycles. The number of fused-ring (bicyclic) bond motifs is 1. The number of urea groups is 1. The third kappa shape index (κ3) is 4.91. The molecule has 0 unspecified atom stereocenters. The van der Waals surface area contributed by atoms with E-state index in [1.165, 1.54) is 32.7 Å². The maximum Gasteiger partial charge on any atom is 0.329 e. The summed E-state index contributed by atoms with van der Waals surface area (Å²) < 4.78 is 17.5. The van der Waals surface area contributed by atoms with Crippen LogP contribution >= 0.6 is 11.6 Å². The number of hydrogen-bond donors (Lipinski definition) is 1. The lowest BCUT2D eigenvalue weighted by molar-refractivity contribution is -0.120. The molecule has 0 bridgehead atoms. The molecule has 40 heavy (non-hydrogen) atoms. The number of aromatic nitrogens is 3. The van der Waals surface area contributed by atoms with Gasteiger partial charge in [-0.25, -0.2) is 14.2 Å². The molecule has 2 aliphatic rings. The van der Waals surface area contributed by atoms with Gasteiger partial charge in [0, 0.05) is 68.1 Å². The zero-order valence-electron chi connectivity index (χ0n) is 21.7. The van der Waals surface area contributed by atoms with Crippen LogP contribution in [0.5, 0.6) is 0 Å². The number of benzene rings is 2. The second-order valence-corrected chi connectivity index (χ2v) is 10.5. The number of anilines is 1. The van der Waals surface area contributed by atoms with Crippen LogP contribution in [0.2, 0.25) is 5.02 Å². The third-order valence-electron chi connectivity index (χ3n) is 7.40. The normalized spacial score (nSPS) is 15.4. The van der Waals surface area contributed by atoms with Crippen molar-refractivity contribution in [2.45, 2.75) is 32.6 Å². The van der Waals surface area contributed by atoms with E-state index in [2.05, 4.69) is 27.3 Å². The number of halogens is 2. The van der Waals surface area contributed by atoms with E-state index >= 15 is 0 Å². The van der Waals surface area contributed by atoms with Gasteiger partial charge in [-0.05, 0) is 41.0 Å². The van der Waals surface area contributed by atoms with Crippen LogP contribution in [-0.4, -0.2) is 37.5 Å². The van der Waals surface area contributed by atoms with Crippen LogP contribution in [0.25, 0.3) is 11.4 Å². The van der Waals surface area contributed by atoms with Crippen molar-refractivity contribution in [3.05, 3.63) is 104 Å². The Hall–Kier alpha value is -4.28. The first-order valence-corrected chi connectivity index (χ1v) is 13.2. The molecule has 2 aliphatic heterocycles. The molecule has 3 amide bonds. The Balaban J connectivity index is 1.15. The Kier molecular flexibility index (Phi) is 6.73. The van der Waals surface area contributed by atoms with E-state index in [9.17, 15) is 18.8 Å². The molecule has 9 nitrogen and oxygen atoms in total. The fourth-order valence-corrected chi connectivity index (χ4v) is 5.53. The first-order valence-electron chi connectivity index (χ1n) is 12.9. The smallest absolute Gasteiger partial charge is 0.314 e. The average Bonchev–Trinajstić information content (AvgIpc) is 3.49. The van der Waals surface area contributed by atoms with Gasteiger partial charge >= 0.3 is 6.03 Å². The number of pyridine rings is 1. The summed E-state index contributed by atoms with van der Waals surface area (Å²) in [5, 5.41) is 2.64. The first-order chi connectivity index (χ1) is 19.3. The standard InChI is InChI=1S/C29H26ClFN6O3/c1-34-26(37-10-8-25(38)33-29(37)40)13-32-28(34)19-5-6-20-15-35(16-21(20)12-19)14-18-7-9-36(27(39)11-18)17-22-23(30)3-2-4-24(22)31/h2-7,9,11-13H,8,10,14-17H2,1H3,(H,33,38,40). The van der Waals surface area contributed by atoms with Crippen LogP contribution in [0.3, 0.4) is 0 Å². The van der Waals surface area contributed by atoms with Gasteiger partial charge in [0.1, 0.15) is 17.5 Å². The molecule has 0 spiro atoms. The molecule has 11 heteroatoms. The molecule has 6 rings (SSSR count). The van der Waals surface area contributed by atoms with E-state index in [1.807, 2.05) is 23.7 Å². The SMILES string of the molecule is Cn1c(N2CCC(=O)NC2=O)cnc1-c1ccc2c(c1)CN(Cc1ccn(Cc3c(F)cccc3Cl)c(=O)c1)C2. The fraction of sp³-hybridized carbons (Fsp3) is 0.241. The van der Waals surface area contributed by atoms with Crippen LogP contribution in [-0.2, 0) is 38.0 Å². The number of imidazole rings is 1. The van der Waals surface area contributed by atoms with E-state index in [0.717, 1.165) is 23.5 Å². The van der Waals surface area contributed by atoms with Crippen molar-refractivity contribution in [2.24, 2.45) is 7.05 Å². The van der Waals surface area contributed by atoms with Gasteiger partial charge in [-0.2, -0.15) is 0 Å². The van der Waals surface area contributed by atoms with Crippen molar-refractivity contribution in [3.63, 3.8) is 0 Å². The predicted molar refractivity (Wildman–Crippen MR) is 148 cm³/mol. The summed E-state index contributed by atoms with van der Waals surface area (Å²) >= 11 is 6.13. The molecule has 0 saturated carbocycles. The van der Waals surface area contributed by atoms with Gasteiger partial charge in [0.25, 0.3) is 5.56 Å². The summed E-state index contributed by atoms with van der Waals surface area (Å²) in [6.07, 6.45) is 3.57. The van der Waals surface area contributed by atoms with Crippen LogP contribution in [0.4, 0.5) is 15.0 Å². The monoisotopic (exact) mass is 560 g/mol. The number of amides is 3. The van der Waals surface area contributed by atoms with Crippen molar-refractivity contribution in [1.29, 1.82) is 0 Å². The Labute approximate surface area is 234 Å². The fourth-order valence-electron chi connectivity index (χ4n) is 5.31. The highest BCUT2D eigenvalue weighted by Crippen LogP contribution is 2.31. The molecule has 0 aliphatic carbocycles. The third-order valence-corrected chi connectivity index (χ3v) is 7.76. The highest BCUT2D eigenvalue weighted by Gasteiger charge is 2.27. The summed E-state index contributed by atoms with van der Waals surface area (Å²) in [4.78, 5) is 44.9. The van der Waals surface area contributed by atoms with Crippen molar-refractivity contribution in [1.82, 2.24) is 24.3 Å². The number of nitrogens with one attached hydrogen (secondary N) is 1. The Morgan fingerprint density at radius 2 is 1.85 bits per heavy atom. The van der Waals surface area contributed by atoms with Gasteiger partial charge < -0.3 is 9.13 Å². The van der Waals surface area contributed by atoms with Crippen LogP contribution in [0, 0.1) is 5.82 Å². The van der Waals surface area contributed by atoms with Gasteiger partial charge in [0.05, 0.1) is 12.7 Å². The molecule has 2 aromatic carbocycles. The number of carbonyl (C=O) groups is 2. The quantitative estimate of drug-likeness (QED) is 0.384. The van der Waals surface area contributed by atoms with Crippen molar-refractivity contribution < 1.29 is 14.0 Å². The number of rotatable bonds is 6. The van der Waals surface area contributed by atoms with E-state index in [-0.39, 0.29) is 24.4 Å². The molecule has 1 N–H and O–H groups in total. The zero-order valence-corrected chi connectivity index (χ0v) is 22.5. The number of imide groups is 1. The number of carbonyl (C=O) groups excluding carboxylic acids is 2.